The number of nitrogens with one attached hydrogen (secondary N) is 2. The number of nitrogen functional groups attached to an aromatic ring is 2. The van der Waals surface area contributed by atoms with Crippen molar-refractivity contribution in [2.45, 2.75) is 218 Å². The Bertz CT molecular complexity index is 5620. The average molecular weight is 1940 g/mol. The van der Waals surface area contributed by atoms with Crippen LogP contribution in [0.15, 0.2) is 120 Å². The van der Waals surface area contributed by atoms with Gasteiger partial charge in [0, 0.05) is 178 Å². The van der Waals surface area contributed by atoms with Gasteiger partial charge in [-0.25, -0.2) is 44.2 Å². The molecule has 6 aliphatic heterocycles. The molecule has 7 aliphatic rings. The van der Waals surface area contributed by atoms with Crippen LogP contribution in [0.2, 0.25) is 0 Å². The molecule has 7 aromatic rings. The van der Waals surface area contributed by atoms with Crippen molar-refractivity contribution in [3.63, 3.8) is 0 Å². The minimum absolute atomic E-state index is 0.00508. The summed E-state index contributed by atoms with van der Waals surface area (Å²) in [6.45, 7) is 18.7. The van der Waals surface area contributed by atoms with Gasteiger partial charge in [-0.1, -0.05) is 82.4 Å². The second-order valence-corrected chi connectivity index (χ2v) is 38.0. The van der Waals surface area contributed by atoms with Gasteiger partial charge in [-0.2, -0.15) is 10.1 Å². The number of cyclic esters (lactones) is 1. The maximum absolute atomic E-state index is 14.7. The topological polar surface area (TPSA) is 522 Å². The summed E-state index contributed by atoms with van der Waals surface area (Å²) < 4.78 is 49.2. The van der Waals surface area contributed by atoms with E-state index in [-0.39, 0.29) is 113 Å². The highest BCUT2D eigenvalue weighted by Gasteiger charge is 2.54. The van der Waals surface area contributed by atoms with E-state index in [1.54, 1.807) is 46.3 Å². The number of esters is 1. The molecule has 1 saturated carbocycles. The maximum Gasteiger partial charge on any atom is 0.407 e. The van der Waals surface area contributed by atoms with Crippen LogP contribution in [0.5, 0.6) is 0 Å². The molecular weight excluding hydrogens is 1800 g/mol. The third-order valence-electron chi connectivity index (χ3n) is 28.0. The summed E-state index contributed by atoms with van der Waals surface area (Å²) in [5, 5.41) is 45.9. The number of benzene rings is 2. The van der Waals surface area contributed by atoms with Gasteiger partial charge in [0.15, 0.2) is 17.0 Å². The Balaban J connectivity index is 0.466. The predicted molar refractivity (Wildman–Crippen MR) is 517 cm³/mol. The minimum Gasteiger partial charge on any atom is -0.459 e. The molecule has 5 amide bonds. The van der Waals surface area contributed by atoms with Crippen LogP contribution in [-0.4, -0.2) is 312 Å². The first-order valence-electron chi connectivity index (χ1n) is 48.8. The molecule has 754 valence electrons. The number of alkyl carbamates (subject to hydrolysis) is 1. The number of rotatable bonds is 26. The lowest BCUT2D eigenvalue weighted by Crippen LogP contribution is -2.61. The van der Waals surface area contributed by atoms with Gasteiger partial charge in [-0.05, 0) is 142 Å². The van der Waals surface area contributed by atoms with Crippen LogP contribution < -0.4 is 37.6 Å². The molecule has 5 fully saturated rings. The van der Waals surface area contributed by atoms with E-state index < -0.39 is 120 Å². The average Bonchev–Trinajstić information content (AvgIpc) is 1.68. The van der Waals surface area contributed by atoms with Crippen LogP contribution >= 0.6 is 0 Å². The third kappa shape index (κ3) is 26.4. The molecule has 2 aromatic carbocycles. The Morgan fingerprint density at radius 3 is 2.15 bits per heavy atom. The van der Waals surface area contributed by atoms with Crippen LogP contribution in [-0.2, 0) is 92.8 Å². The van der Waals surface area contributed by atoms with Gasteiger partial charge >= 0.3 is 12.1 Å². The largest absolute Gasteiger partial charge is 0.459 e. The van der Waals surface area contributed by atoms with Gasteiger partial charge < -0.3 is 105 Å². The lowest BCUT2D eigenvalue weighted by Gasteiger charge is -2.42. The standard InChI is InChI=1S/C100H134N20O20/c1-60-14-10-9-11-15-61(2)80(133-7)50-73-22-17-65(6)100(132,140-73)90(127)94(129)119-29-13-12-16-76(119)95(130)137-81(51-77(121)62(3)45-64(5)88(125)89(126)87(124)63(4)44-60)74(101)47-66-19-23-79(82(48-66)134-8)139-99(131)109-54-68-52-105-97(106-53-68)117-37-35-115(36-38-117)83(122)26-41-136-43-39-114-31-33-116(34-32-114)98-107-55-72(56-108-98)93(128)104-28-42-135-40-27-84(123)118-30-25-69-46-67(18-20-71(69)58-118)57-120-92-85(91(102)110-59-111-92)86(113-120)70-21-24-78-75(49-70)112-96(103)138-78/h9-11,14-15,18,20-21,24,45-46,49,52-53,55-56,59-60,62-63,65-66,73-74,76,79-82,88-89,125-126,132H,12-13,16-17,19,22-23,25-44,47-48,50-51,54,57-58,101H2,1-8H3,(H2,103,112)(H,104,128)(H,109,131)(H2,102,110,111)/b11-9?,14-10+,61-15?,64-45+/t60-,62-,63-,65-,66+,73+,74-,76+,79-,80+,81+,82-,88-,89+,100-/m1/s1. The number of aromatic nitrogens is 9. The van der Waals surface area contributed by atoms with Crippen LogP contribution in [0.4, 0.5) is 28.5 Å². The fourth-order valence-electron chi connectivity index (χ4n) is 19.6. The van der Waals surface area contributed by atoms with Crippen molar-refractivity contribution in [2.24, 2.45) is 35.3 Å². The number of allylic oxidation sites excluding steroid dienone is 6. The van der Waals surface area contributed by atoms with Gasteiger partial charge in [0.2, 0.25) is 29.5 Å². The highest BCUT2D eigenvalue weighted by Crippen LogP contribution is 2.40. The van der Waals surface area contributed by atoms with E-state index in [2.05, 4.69) is 67.5 Å². The number of methoxy groups -OCH3 is 2. The number of piperidine rings is 1. The highest BCUT2D eigenvalue weighted by molar-refractivity contribution is 6.39. The number of aliphatic hydroxyl groups excluding tert-OH is 2. The van der Waals surface area contributed by atoms with E-state index in [1.165, 1.54) is 38.8 Å². The van der Waals surface area contributed by atoms with Gasteiger partial charge in [-0.3, -0.25) is 38.5 Å². The highest BCUT2D eigenvalue weighted by atomic mass is 16.6. The summed E-state index contributed by atoms with van der Waals surface area (Å²) in [5.41, 5.74) is 27.6. The van der Waals surface area contributed by atoms with Gasteiger partial charge in [0.1, 0.15) is 59.6 Å². The number of Topliss-reactive ketones (excluding diaryl/α,β-unsaturated/α-hetero) is 3. The molecule has 14 rings (SSSR count). The molecule has 40 heteroatoms. The van der Waals surface area contributed by atoms with Crippen molar-refractivity contribution in [1.29, 1.82) is 0 Å². The molecule has 5 aromatic heterocycles. The van der Waals surface area contributed by atoms with E-state index in [4.69, 9.17) is 59.9 Å². The quantitative estimate of drug-likeness (QED) is 0.0124. The van der Waals surface area contributed by atoms with E-state index in [0.717, 1.165) is 45.8 Å². The lowest BCUT2D eigenvalue weighted by atomic mass is 9.80. The summed E-state index contributed by atoms with van der Waals surface area (Å²) in [4.78, 5) is 167. The van der Waals surface area contributed by atoms with Crippen LogP contribution in [0.25, 0.3) is 33.4 Å². The number of oxazole rings is 1. The second-order valence-electron chi connectivity index (χ2n) is 38.0. The monoisotopic (exact) mass is 1940 g/mol. The maximum atomic E-state index is 14.7. The Kier molecular flexibility index (Phi) is 35.9. The number of carbonyl (C=O) groups excluding carboxylic acids is 9. The number of ketones is 3. The molecule has 40 nitrogen and oxygen atoms in total. The second kappa shape index (κ2) is 48.5. The molecule has 0 radical (unpaired) electrons. The molecule has 4 saturated heterocycles. The van der Waals surface area contributed by atoms with E-state index in [1.807, 2.05) is 81.8 Å². The van der Waals surface area contributed by atoms with Crippen molar-refractivity contribution < 1.29 is 96.0 Å². The zero-order valence-corrected chi connectivity index (χ0v) is 81.2. The number of nitrogens with two attached hydrogens (primary N) is 3. The molecule has 11 heterocycles. The van der Waals surface area contributed by atoms with Crippen molar-refractivity contribution in [3.05, 3.63) is 143 Å². The number of piperazine rings is 2. The van der Waals surface area contributed by atoms with Crippen molar-refractivity contribution in [1.82, 2.24) is 74.9 Å². The minimum atomic E-state index is -2.52. The first-order chi connectivity index (χ1) is 67.4. The van der Waals surface area contributed by atoms with Crippen LogP contribution in [0.1, 0.15) is 164 Å². The van der Waals surface area contributed by atoms with E-state index in [9.17, 15) is 58.5 Å². The first-order valence-corrected chi connectivity index (χ1v) is 48.8. The molecular formula is C100H134N20O20. The fraction of sp³-hybridized carbons (Fsp3) is 0.570. The molecule has 0 unspecified atom stereocenters. The SMILES string of the molecule is CO[C@H]1C[C@@H]2CC[C@@H](C)[C@@](O)(O2)C(=O)C(=O)N2CCCC[C@H]2C(=O)O[C@H]([C@H](N)C[C@@H]2CC[C@@H](OC(=O)NCc3cnc(N4CCN(C(=O)CCOCCN5CCN(c6ncc(C(=O)NCCOCCC(=O)N7CCc8cc(Cn9nc(-c%10ccc%11oc(N)nc%11c%10)c%10c(N)ncnc%109)ccc8C7)cn6)CC5)CC4)nc3)[C@H](OC)C2)CC(=O)[C@H](C)/C=C(\C)[C@@H](O)[C@@H](O)C(=O)[C@H](C)C[C@H](C)/C=C/C=CC=C1C. The first kappa shape index (κ1) is 104. The summed E-state index contributed by atoms with van der Waals surface area (Å²) in [5.74, 6) is -8.45. The summed E-state index contributed by atoms with van der Waals surface area (Å²) in [7, 11) is 3.06. The summed E-state index contributed by atoms with van der Waals surface area (Å²) in [6, 6.07) is 9.55. The number of hydrogen-bond donors (Lipinski definition) is 8. The Morgan fingerprint density at radius 2 is 1.41 bits per heavy atom. The molecule has 15 atom stereocenters. The van der Waals surface area contributed by atoms with E-state index >= 15 is 0 Å². The molecule has 11 N–H and O–H groups in total. The van der Waals surface area contributed by atoms with Crippen molar-refractivity contribution >= 4 is 98.9 Å². The summed E-state index contributed by atoms with van der Waals surface area (Å²) in [6.07, 6.45) is 15.3. The molecule has 140 heavy (non-hydrogen) atoms. The Labute approximate surface area is 813 Å². The predicted octanol–water partition coefficient (Wildman–Crippen LogP) is 6.49. The number of aliphatic hydroxyl groups is 3. The molecule has 2 bridgehead atoms. The van der Waals surface area contributed by atoms with Gasteiger partial charge in [-0.15, -0.1) is 0 Å². The Morgan fingerprint density at radius 1 is 0.693 bits per heavy atom. The van der Waals surface area contributed by atoms with Gasteiger partial charge in [0.25, 0.3) is 23.6 Å². The summed E-state index contributed by atoms with van der Waals surface area (Å²) >= 11 is 0. The number of amides is 5. The van der Waals surface area contributed by atoms with Crippen LogP contribution in [0.3, 0.4) is 0 Å². The number of hydrogen-bond acceptors (Lipinski definition) is 34. The van der Waals surface area contributed by atoms with Crippen molar-refractivity contribution in [3.8, 4) is 11.3 Å². The third-order valence-corrected chi connectivity index (χ3v) is 28.0. The number of ether oxygens (including phenoxy) is 7. The zero-order valence-electron chi connectivity index (χ0n) is 81.2. The lowest BCUT2D eigenvalue weighted by molar-refractivity contribution is -0.265. The number of fused-ring (bicyclic) bond motifs is 6. The van der Waals surface area contributed by atoms with Crippen molar-refractivity contribution in [2.75, 3.05) is 140 Å². The zero-order chi connectivity index (χ0) is 99.4. The van der Waals surface area contributed by atoms with E-state index in [0.29, 0.717) is 187 Å². The smallest absolute Gasteiger partial charge is 0.407 e. The Hall–Kier alpha value is -12.0. The van der Waals surface area contributed by atoms with Crippen LogP contribution in [0, 0.1) is 29.6 Å². The number of carbonyl (C=O) groups is 9. The number of nitrogens with zero attached hydrogens (tertiary/aromatic N) is 15. The molecule has 0 spiro atoms. The number of anilines is 4. The van der Waals surface area contributed by atoms with Gasteiger partial charge in [0.05, 0.1) is 75.1 Å². The normalized spacial score (nSPS) is 26.4. The molecule has 1 aliphatic carbocycles. The fourth-order valence-corrected chi connectivity index (χ4v) is 19.6.